The summed E-state index contributed by atoms with van der Waals surface area (Å²) >= 11 is 0. The van der Waals surface area contributed by atoms with Gasteiger partial charge in [-0.25, -0.2) is 13.1 Å². The zero-order valence-corrected chi connectivity index (χ0v) is 16.9. The topological polar surface area (TPSA) is 49.4 Å². The average Bonchev–Trinajstić information content (AvgIpc) is 2.28. The van der Waals surface area contributed by atoms with Crippen LogP contribution in [0.4, 0.5) is 43.9 Å². The van der Waals surface area contributed by atoms with Gasteiger partial charge in [0.15, 0.2) is 0 Å². The number of sulfonamides is 1. The second-order valence-electron chi connectivity index (χ2n) is 6.09. The second-order valence-corrected chi connectivity index (χ2v) is 7.90. The Bertz CT molecular complexity index is 572. The Morgan fingerprint density at radius 3 is 1.52 bits per heavy atom. The maximum absolute atomic E-state index is 13.5. The van der Waals surface area contributed by atoms with Gasteiger partial charge in [0, 0.05) is 13.0 Å². The Balaban J connectivity index is 0. The molecule has 0 fully saturated rings. The number of halogens is 11. The van der Waals surface area contributed by atoms with Crippen LogP contribution < -0.4 is 28.7 Å². The van der Waals surface area contributed by atoms with Crippen LogP contribution in [0.3, 0.4) is 0 Å². The highest BCUT2D eigenvalue weighted by Crippen LogP contribution is 2.49. The predicted octanol–water partition coefficient (Wildman–Crippen LogP) is -0.467. The van der Waals surface area contributed by atoms with Crippen LogP contribution in [-0.2, 0) is 10.0 Å². The fourth-order valence-electron chi connectivity index (χ4n) is 1.60. The largest absolute Gasteiger partial charge is 1.00 e. The van der Waals surface area contributed by atoms with Crippen LogP contribution in [0.5, 0.6) is 0 Å². The van der Waals surface area contributed by atoms with Crippen molar-refractivity contribution in [2.75, 3.05) is 34.2 Å². The molecule has 0 bridgehead atoms. The lowest BCUT2D eigenvalue weighted by molar-refractivity contribution is -0.870. The molecule has 0 saturated carbocycles. The van der Waals surface area contributed by atoms with Crippen LogP contribution in [0.15, 0.2) is 0 Å². The first-order valence-electron chi connectivity index (χ1n) is 6.56. The number of rotatable bonds is 8. The molecule has 0 aromatic heterocycles. The number of nitrogens with zero attached hydrogens (tertiary/aromatic N) is 2. The normalized spacial score (nSPS) is 15.0. The van der Waals surface area contributed by atoms with Crippen molar-refractivity contribution in [3.8, 4) is 0 Å². The second kappa shape index (κ2) is 8.70. The number of nitrogens with one attached hydrogen (secondary N) is 1. The summed E-state index contributed by atoms with van der Waals surface area (Å²) in [7, 11) is -1.79. The van der Waals surface area contributed by atoms with Crippen LogP contribution in [0.25, 0.3) is 0 Å². The van der Waals surface area contributed by atoms with E-state index in [1.165, 1.54) is 0 Å². The van der Waals surface area contributed by atoms with Crippen LogP contribution in [-0.4, -0.2) is 75.9 Å². The van der Waals surface area contributed by atoms with Gasteiger partial charge in [-0.3, -0.25) is 0 Å². The van der Waals surface area contributed by atoms with Crippen molar-refractivity contribution in [2.45, 2.75) is 30.3 Å². The summed E-state index contributed by atoms with van der Waals surface area (Å²) in [4.78, 5) is -3.75. The summed E-state index contributed by atoms with van der Waals surface area (Å²) in [5, 5.41) is -6.73. The van der Waals surface area contributed by atoms with E-state index in [0.29, 0.717) is 0 Å². The van der Waals surface area contributed by atoms with E-state index in [4.69, 9.17) is 0 Å². The SMILES string of the molecule is C[N+](C)(C)CCCNS(=O)(=O)C(F)(F)C(F)(F)N(C(F)(F)F)C(F)(F)F.[I-]. The van der Waals surface area contributed by atoms with Crippen molar-refractivity contribution in [2.24, 2.45) is 0 Å². The minimum absolute atomic E-state index is 0. The van der Waals surface area contributed by atoms with Crippen molar-refractivity contribution < 1.29 is 80.8 Å². The molecular formula is C10H16F10IN3O2S. The Morgan fingerprint density at radius 1 is 0.852 bits per heavy atom. The molecule has 0 atom stereocenters. The standard InChI is InChI=1S/C10H16F10N3O2S.HI/c1-23(2,3)6-4-5-21-26(24,25)8(13,14)7(11,12)22(9(15,16)17)10(18,19)20;/h21H,4-6H2,1-3H3;1H/q+1;/p-1. The van der Waals surface area contributed by atoms with Crippen molar-refractivity contribution in [3.63, 3.8) is 0 Å². The van der Waals surface area contributed by atoms with Gasteiger partial charge in [-0.05, 0) is 0 Å². The molecule has 5 nitrogen and oxygen atoms in total. The Labute approximate surface area is 165 Å². The van der Waals surface area contributed by atoms with E-state index < -0.39 is 45.4 Å². The Kier molecular flexibility index (Phi) is 9.37. The molecule has 27 heavy (non-hydrogen) atoms. The highest BCUT2D eigenvalue weighted by molar-refractivity contribution is 7.90. The first kappa shape index (κ1) is 29.1. The lowest BCUT2D eigenvalue weighted by Crippen LogP contribution is -3.00. The van der Waals surface area contributed by atoms with Gasteiger partial charge in [0.25, 0.3) is 10.0 Å². The molecule has 0 aliphatic carbocycles. The van der Waals surface area contributed by atoms with Crippen LogP contribution in [0.1, 0.15) is 6.42 Å². The molecule has 1 N–H and O–H groups in total. The minimum Gasteiger partial charge on any atom is -1.00 e. The predicted molar refractivity (Wildman–Crippen MR) is 68.3 cm³/mol. The van der Waals surface area contributed by atoms with Crippen LogP contribution >= 0.6 is 0 Å². The van der Waals surface area contributed by atoms with Gasteiger partial charge in [0.1, 0.15) is 0 Å². The molecule has 0 heterocycles. The highest BCUT2D eigenvalue weighted by Gasteiger charge is 2.79. The molecule has 0 spiro atoms. The fraction of sp³-hybridized carbons (Fsp3) is 1.00. The third-order valence-electron chi connectivity index (χ3n) is 2.77. The third-order valence-corrected chi connectivity index (χ3v) is 4.28. The van der Waals surface area contributed by atoms with E-state index in [2.05, 4.69) is 0 Å². The smallest absolute Gasteiger partial charge is 0.472 e. The summed E-state index contributed by atoms with van der Waals surface area (Å²) in [6.07, 6.45) is -14.2. The monoisotopic (exact) mass is 559 g/mol. The molecule has 0 aliphatic heterocycles. The van der Waals surface area contributed by atoms with Gasteiger partial charge < -0.3 is 28.5 Å². The fourth-order valence-corrected chi connectivity index (χ4v) is 2.61. The van der Waals surface area contributed by atoms with Crippen molar-refractivity contribution in [1.29, 1.82) is 0 Å². The summed E-state index contributed by atoms with van der Waals surface area (Å²) in [6.45, 7) is -0.761. The number of hydrogen-bond donors (Lipinski definition) is 1. The quantitative estimate of drug-likeness (QED) is 0.144. The number of hydrogen-bond acceptors (Lipinski definition) is 3. The van der Waals surface area contributed by atoms with Crippen LogP contribution in [0.2, 0.25) is 0 Å². The molecule has 0 aromatic rings. The van der Waals surface area contributed by atoms with Gasteiger partial charge >= 0.3 is 23.9 Å². The van der Waals surface area contributed by atoms with E-state index in [1.54, 1.807) is 21.1 Å². The van der Waals surface area contributed by atoms with Crippen molar-refractivity contribution in [1.82, 2.24) is 9.62 Å². The maximum atomic E-state index is 13.5. The number of quaternary nitrogens is 1. The van der Waals surface area contributed by atoms with E-state index >= 15 is 0 Å². The Hall–Kier alpha value is -0.140. The molecule has 166 valence electrons. The van der Waals surface area contributed by atoms with E-state index in [9.17, 15) is 52.3 Å². The molecule has 0 aromatic carbocycles. The highest BCUT2D eigenvalue weighted by atomic mass is 127. The van der Waals surface area contributed by atoms with Gasteiger partial charge in [0.05, 0.1) is 27.7 Å². The molecule has 0 radical (unpaired) electrons. The van der Waals surface area contributed by atoms with Gasteiger partial charge in [-0.2, -0.15) is 43.9 Å². The molecule has 0 aliphatic rings. The average molecular weight is 559 g/mol. The minimum atomic E-state index is -7.16. The molecular weight excluding hydrogens is 543 g/mol. The summed E-state index contributed by atoms with van der Waals surface area (Å²) in [5.41, 5.74) is 0. The van der Waals surface area contributed by atoms with Gasteiger partial charge in [-0.1, -0.05) is 4.90 Å². The molecule has 0 rings (SSSR count). The van der Waals surface area contributed by atoms with E-state index in [0.717, 1.165) is 4.72 Å². The first-order valence-corrected chi connectivity index (χ1v) is 8.05. The first-order chi connectivity index (χ1) is 11.1. The molecule has 0 amide bonds. The lowest BCUT2D eigenvalue weighted by Gasteiger charge is -2.36. The van der Waals surface area contributed by atoms with Gasteiger partial charge in [0.2, 0.25) is 0 Å². The molecule has 0 unspecified atom stereocenters. The maximum Gasteiger partial charge on any atom is 0.472 e. The van der Waals surface area contributed by atoms with Crippen molar-refractivity contribution >= 4 is 10.0 Å². The van der Waals surface area contributed by atoms with E-state index in [1.807, 2.05) is 0 Å². The summed E-state index contributed by atoms with van der Waals surface area (Å²) < 4.78 is 151. The zero-order chi connectivity index (χ0) is 21.4. The van der Waals surface area contributed by atoms with Crippen molar-refractivity contribution in [3.05, 3.63) is 0 Å². The lowest BCUT2D eigenvalue weighted by atomic mass is 10.4. The number of alkyl halides is 10. The molecule has 0 saturated heterocycles. The third kappa shape index (κ3) is 7.32. The van der Waals surface area contributed by atoms with E-state index in [-0.39, 0.29) is 41.4 Å². The summed E-state index contributed by atoms with van der Waals surface area (Å²) in [5.74, 6) is 0. The van der Waals surface area contributed by atoms with Gasteiger partial charge in [-0.15, -0.1) is 0 Å². The Morgan fingerprint density at radius 2 is 1.22 bits per heavy atom. The summed E-state index contributed by atoms with van der Waals surface area (Å²) in [6, 6.07) is -7.16. The zero-order valence-electron chi connectivity index (χ0n) is 13.9. The molecule has 17 heteroatoms. The van der Waals surface area contributed by atoms with Crippen LogP contribution in [0, 0.1) is 0 Å².